The van der Waals surface area contributed by atoms with Crippen molar-refractivity contribution in [3.63, 3.8) is 0 Å². The van der Waals surface area contributed by atoms with E-state index in [0.29, 0.717) is 18.5 Å². The number of carbonyl (C=O) groups excluding carboxylic acids is 2. The number of sulfonamides is 1. The Bertz CT molecular complexity index is 1310. The predicted molar refractivity (Wildman–Crippen MR) is 156 cm³/mol. The molecule has 1 atom stereocenters. The van der Waals surface area contributed by atoms with Crippen LogP contribution in [0.4, 0.5) is 5.69 Å². The van der Waals surface area contributed by atoms with Gasteiger partial charge < -0.3 is 10.2 Å². The molecule has 0 aromatic heterocycles. The molecule has 0 fully saturated rings. The van der Waals surface area contributed by atoms with E-state index in [1.807, 2.05) is 70.2 Å². The van der Waals surface area contributed by atoms with Crippen molar-refractivity contribution in [2.24, 2.45) is 0 Å². The normalized spacial score (nSPS) is 12.1. The van der Waals surface area contributed by atoms with Crippen LogP contribution in [0.1, 0.15) is 45.2 Å². The smallest absolute Gasteiger partial charge is 0.264 e. The molecule has 3 aromatic carbocycles. The van der Waals surface area contributed by atoms with Crippen LogP contribution in [0.2, 0.25) is 0 Å². The van der Waals surface area contributed by atoms with E-state index >= 15 is 0 Å². The fourth-order valence-corrected chi connectivity index (χ4v) is 5.86. The maximum atomic E-state index is 14.0. The van der Waals surface area contributed by atoms with Gasteiger partial charge in [-0.05, 0) is 68.5 Å². The summed E-state index contributed by atoms with van der Waals surface area (Å²) in [6.45, 7) is 7.47. The molecule has 3 rings (SSSR count). The van der Waals surface area contributed by atoms with Gasteiger partial charge in [0.25, 0.3) is 10.0 Å². The molecule has 0 spiro atoms. The van der Waals surface area contributed by atoms with E-state index in [0.717, 1.165) is 21.9 Å². The quantitative estimate of drug-likeness (QED) is 0.331. The molecule has 3 aromatic rings. The van der Waals surface area contributed by atoms with E-state index in [2.05, 4.69) is 5.32 Å². The largest absolute Gasteiger partial charge is 0.352 e. The fraction of sp³-hybridized carbons (Fsp3) is 0.355. The van der Waals surface area contributed by atoms with Gasteiger partial charge in [-0.2, -0.15) is 0 Å². The minimum Gasteiger partial charge on any atom is -0.352 e. The van der Waals surface area contributed by atoms with E-state index in [9.17, 15) is 18.0 Å². The molecule has 0 heterocycles. The van der Waals surface area contributed by atoms with Gasteiger partial charge in [-0.25, -0.2) is 8.42 Å². The Morgan fingerprint density at radius 1 is 0.821 bits per heavy atom. The lowest BCUT2D eigenvalue weighted by atomic mass is 10.1. The molecule has 2 amide bonds. The van der Waals surface area contributed by atoms with E-state index in [4.69, 9.17) is 0 Å². The third kappa shape index (κ3) is 7.93. The Balaban J connectivity index is 2.00. The third-order valence-electron chi connectivity index (χ3n) is 6.54. The fourth-order valence-electron chi connectivity index (χ4n) is 4.42. The maximum Gasteiger partial charge on any atom is 0.264 e. The summed E-state index contributed by atoms with van der Waals surface area (Å²) in [4.78, 5) is 28.8. The van der Waals surface area contributed by atoms with E-state index < -0.39 is 28.5 Å². The number of aryl methyl sites for hydroxylation is 1. The zero-order valence-corrected chi connectivity index (χ0v) is 24.0. The maximum absolute atomic E-state index is 14.0. The summed E-state index contributed by atoms with van der Waals surface area (Å²) < 4.78 is 28.8. The number of nitrogens with zero attached hydrogens (tertiary/aromatic N) is 2. The lowest BCUT2D eigenvalue weighted by Gasteiger charge is -2.33. The standard InChI is InChI=1S/C31H39N3O4S/c1-5-25-17-19-27(20-18-25)34(39(37,38)28-15-11-8-12-16-28)23-30(35)33(22-21-26-13-9-7-10-14-26)29(6-2)31(36)32-24(3)4/h7-20,24,29H,5-6,21-23H2,1-4H3,(H,32,36)/t29-/m0/s1. The first-order valence-corrected chi connectivity index (χ1v) is 14.9. The molecule has 0 saturated heterocycles. The van der Waals surface area contributed by atoms with Crippen molar-refractivity contribution in [3.8, 4) is 0 Å². The molecule has 208 valence electrons. The third-order valence-corrected chi connectivity index (χ3v) is 8.33. The zero-order chi connectivity index (χ0) is 28.4. The molecule has 7 nitrogen and oxygen atoms in total. The summed E-state index contributed by atoms with van der Waals surface area (Å²) in [6, 6.07) is 24.2. The van der Waals surface area contributed by atoms with Crippen molar-refractivity contribution in [3.05, 3.63) is 96.1 Å². The van der Waals surface area contributed by atoms with E-state index in [-0.39, 0.29) is 23.4 Å². The molecule has 0 aliphatic rings. The molecule has 0 aliphatic heterocycles. The van der Waals surface area contributed by atoms with Crippen LogP contribution in [0, 0.1) is 0 Å². The average Bonchev–Trinajstić information content (AvgIpc) is 2.94. The van der Waals surface area contributed by atoms with Gasteiger partial charge in [0.2, 0.25) is 11.8 Å². The predicted octanol–water partition coefficient (Wildman–Crippen LogP) is 4.82. The molecule has 0 unspecified atom stereocenters. The Kier molecular flexibility index (Phi) is 10.7. The zero-order valence-electron chi connectivity index (χ0n) is 23.2. The Hall–Kier alpha value is -3.65. The second-order valence-corrected chi connectivity index (χ2v) is 11.6. The number of rotatable bonds is 13. The molecule has 39 heavy (non-hydrogen) atoms. The van der Waals surface area contributed by atoms with Gasteiger partial charge in [-0.15, -0.1) is 0 Å². The molecule has 0 saturated carbocycles. The summed E-state index contributed by atoms with van der Waals surface area (Å²) in [5.74, 6) is -0.686. The van der Waals surface area contributed by atoms with Crippen LogP contribution >= 0.6 is 0 Å². The van der Waals surface area contributed by atoms with Gasteiger partial charge in [0.1, 0.15) is 12.6 Å². The van der Waals surface area contributed by atoms with Gasteiger partial charge in [0.05, 0.1) is 10.6 Å². The molecule has 0 radical (unpaired) electrons. The minimum atomic E-state index is -4.06. The number of hydrogen-bond acceptors (Lipinski definition) is 4. The van der Waals surface area contributed by atoms with Crippen LogP contribution < -0.4 is 9.62 Å². The van der Waals surface area contributed by atoms with Gasteiger partial charge in [0, 0.05) is 12.6 Å². The monoisotopic (exact) mass is 549 g/mol. The first-order valence-electron chi connectivity index (χ1n) is 13.5. The highest BCUT2D eigenvalue weighted by atomic mass is 32.2. The highest BCUT2D eigenvalue weighted by Gasteiger charge is 2.33. The first-order chi connectivity index (χ1) is 18.7. The summed E-state index contributed by atoms with van der Waals surface area (Å²) in [6.07, 6.45) is 1.74. The summed E-state index contributed by atoms with van der Waals surface area (Å²) in [5.41, 5.74) is 2.48. The number of anilines is 1. The van der Waals surface area contributed by atoms with Crippen molar-refractivity contribution in [1.29, 1.82) is 0 Å². The van der Waals surface area contributed by atoms with Gasteiger partial charge in [0.15, 0.2) is 0 Å². The molecular formula is C31H39N3O4S. The van der Waals surface area contributed by atoms with Gasteiger partial charge >= 0.3 is 0 Å². The first kappa shape index (κ1) is 29.9. The second kappa shape index (κ2) is 13.9. The van der Waals surface area contributed by atoms with Crippen LogP contribution in [-0.2, 0) is 32.5 Å². The summed E-state index contributed by atoms with van der Waals surface area (Å²) in [5, 5.41) is 2.92. The highest BCUT2D eigenvalue weighted by molar-refractivity contribution is 7.92. The van der Waals surface area contributed by atoms with Crippen LogP contribution in [0.5, 0.6) is 0 Å². The molecule has 1 N–H and O–H groups in total. The average molecular weight is 550 g/mol. The lowest BCUT2D eigenvalue weighted by molar-refractivity contribution is -0.139. The number of hydrogen-bond donors (Lipinski definition) is 1. The van der Waals surface area contributed by atoms with Gasteiger partial charge in [-0.1, -0.05) is 74.5 Å². The Morgan fingerprint density at radius 3 is 1.95 bits per heavy atom. The van der Waals surface area contributed by atoms with Crippen molar-refractivity contribution in [2.75, 3.05) is 17.4 Å². The molecule has 8 heteroatoms. The molecule has 0 bridgehead atoms. The van der Waals surface area contributed by atoms with Crippen LogP contribution in [0.3, 0.4) is 0 Å². The van der Waals surface area contributed by atoms with Crippen molar-refractivity contribution >= 4 is 27.5 Å². The lowest BCUT2D eigenvalue weighted by Crippen LogP contribution is -2.54. The van der Waals surface area contributed by atoms with E-state index in [1.165, 1.54) is 17.0 Å². The molecule has 0 aliphatic carbocycles. The van der Waals surface area contributed by atoms with Crippen molar-refractivity contribution < 1.29 is 18.0 Å². The number of benzene rings is 3. The topological polar surface area (TPSA) is 86.8 Å². The number of carbonyl (C=O) groups is 2. The van der Waals surface area contributed by atoms with Crippen LogP contribution in [0.15, 0.2) is 89.8 Å². The van der Waals surface area contributed by atoms with Crippen molar-refractivity contribution in [2.45, 2.75) is 63.9 Å². The second-order valence-electron chi connectivity index (χ2n) is 9.75. The Morgan fingerprint density at radius 2 is 1.41 bits per heavy atom. The highest BCUT2D eigenvalue weighted by Crippen LogP contribution is 2.25. The van der Waals surface area contributed by atoms with E-state index in [1.54, 1.807) is 30.3 Å². The Labute approximate surface area is 232 Å². The summed E-state index contributed by atoms with van der Waals surface area (Å²) in [7, 11) is -4.06. The van der Waals surface area contributed by atoms with Gasteiger partial charge in [-0.3, -0.25) is 13.9 Å². The number of nitrogens with one attached hydrogen (secondary N) is 1. The number of amides is 2. The minimum absolute atomic E-state index is 0.0929. The molecular weight excluding hydrogens is 510 g/mol. The summed E-state index contributed by atoms with van der Waals surface area (Å²) >= 11 is 0. The SMILES string of the molecule is CCc1ccc(N(CC(=O)N(CCc2ccccc2)[C@@H](CC)C(=O)NC(C)C)S(=O)(=O)c2ccccc2)cc1. The van der Waals surface area contributed by atoms with Crippen LogP contribution in [-0.4, -0.2) is 50.3 Å². The van der Waals surface area contributed by atoms with Crippen LogP contribution in [0.25, 0.3) is 0 Å². The van der Waals surface area contributed by atoms with Crippen molar-refractivity contribution in [1.82, 2.24) is 10.2 Å².